The molecule has 104 valence electrons. The van der Waals surface area contributed by atoms with E-state index in [9.17, 15) is 9.90 Å². The number of carbonyl (C=O) groups is 1. The van der Waals surface area contributed by atoms with Crippen LogP contribution in [0.15, 0.2) is 18.3 Å². The molecule has 19 heavy (non-hydrogen) atoms. The zero-order valence-corrected chi connectivity index (χ0v) is 11.3. The molecule has 2 rings (SSSR count). The van der Waals surface area contributed by atoms with Crippen molar-refractivity contribution in [3.8, 4) is 5.75 Å². The van der Waals surface area contributed by atoms with Crippen molar-refractivity contribution in [1.29, 1.82) is 0 Å². The van der Waals surface area contributed by atoms with Crippen molar-refractivity contribution in [3.63, 3.8) is 0 Å². The second-order valence-corrected chi connectivity index (χ2v) is 5.16. The van der Waals surface area contributed by atoms with Gasteiger partial charge in [-0.05, 0) is 57.5 Å². The van der Waals surface area contributed by atoms with Gasteiger partial charge < -0.3 is 15.3 Å². The molecule has 1 saturated heterocycles. The third-order valence-electron chi connectivity index (χ3n) is 3.68. The number of aromatic hydroxyl groups is 1. The van der Waals surface area contributed by atoms with Gasteiger partial charge in [-0.15, -0.1) is 0 Å². The molecule has 1 amide bonds. The number of pyridine rings is 1. The zero-order valence-electron chi connectivity index (χ0n) is 11.3. The smallest absolute Gasteiger partial charge is 0.273 e. The Morgan fingerprint density at radius 3 is 2.95 bits per heavy atom. The van der Waals surface area contributed by atoms with Crippen LogP contribution in [0, 0.1) is 5.92 Å². The van der Waals surface area contributed by atoms with Crippen LogP contribution in [0.2, 0.25) is 0 Å². The van der Waals surface area contributed by atoms with E-state index >= 15 is 0 Å². The number of rotatable bonds is 4. The number of aromatic nitrogens is 1. The molecule has 0 unspecified atom stereocenters. The van der Waals surface area contributed by atoms with Gasteiger partial charge >= 0.3 is 0 Å². The van der Waals surface area contributed by atoms with Crippen LogP contribution in [-0.4, -0.2) is 47.6 Å². The molecule has 1 aliphatic heterocycles. The fourth-order valence-corrected chi connectivity index (χ4v) is 2.40. The summed E-state index contributed by atoms with van der Waals surface area (Å²) in [7, 11) is 2.14. The van der Waals surface area contributed by atoms with Crippen LogP contribution < -0.4 is 5.32 Å². The minimum absolute atomic E-state index is 0.0701. The first-order valence-electron chi connectivity index (χ1n) is 6.77. The molecule has 1 aromatic rings. The van der Waals surface area contributed by atoms with Gasteiger partial charge in [-0.25, -0.2) is 4.98 Å². The minimum Gasteiger partial charge on any atom is -0.505 e. The number of amides is 1. The fourth-order valence-electron chi connectivity index (χ4n) is 2.40. The van der Waals surface area contributed by atoms with Crippen molar-refractivity contribution in [3.05, 3.63) is 24.0 Å². The second-order valence-electron chi connectivity index (χ2n) is 5.16. The summed E-state index contributed by atoms with van der Waals surface area (Å²) in [5, 5.41) is 12.4. The highest BCUT2D eigenvalue weighted by molar-refractivity contribution is 5.94. The Hall–Kier alpha value is -1.62. The van der Waals surface area contributed by atoms with Crippen molar-refractivity contribution in [2.75, 3.05) is 26.7 Å². The van der Waals surface area contributed by atoms with Gasteiger partial charge in [0.05, 0.1) is 0 Å². The third kappa shape index (κ3) is 3.92. The first-order chi connectivity index (χ1) is 9.16. The number of hydrogen-bond acceptors (Lipinski definition) is 4. The van der Waals surface area contributed by atoms with Crippen LogP contribution in [0.3, 0.4) is 0 Å². The van der Waals surface area contributed by atoms with E-state index in [0.29, 0.717) is 12.5 Å². The monoisotopic (exact) mass is 263 g/mol. The maximum absolute atomic E-state index is 11.8. The van der Waals surface area contributed by atoms with Crippen molar-refractivity contribution in [1.82, 2.24) is 15.2 Å². The predicted molar refractivity (Wildman–Crippen MR) is 73.1 cm³/mol. The summed E-state index contributed by atoms with van der Waals surface area (Å²) in [4.78, 5) is 18.0. The van der Waals surface area contributed by atoms with Gasteiger partial charge in [0.2, 0.25) is 0 Å². The standard InChI is InChI=1S/C14H21N3O2/c1-17-9-5-11(6-10-17)4-8-16-14(19)13-12(18)3-2-7-15-13/h2-3,7,11,18H,4-6,8-10H2,1H3,(H,16,19). The number of carbonyl (C=O) groups excluding carboxylic acids is 1. The van der Waals surface area contributed by atoms with Crippen molar-refractivity contribution in [2.45, 2.75) is 19.3 Å². The lowest BCUT2D eigenvalue weighted by Gasteiger charge is -2.28. The van der Waals surface area contributed by atoms with E-state index in [1.54, 1.807) is 6.07 Å². The van der Waals surface area contributed by atoms with Crippen molar-refractivity contribution in [2.24, 2.45) is 5.92 Å². The Labute approximate surface area is 113 Å². The molecule has 0 spiro atoms. The van der Waals surface area contributed by atoms with Gasteiger partial charge in [-0.3, -0.25) is 4.79 Å². The first-order valence-corrected chi connectivity index (χ1v) is 6.77. The summed E-state index contributed by atoms with van der Waals surface area (Å²) in [5.41, 5.74) is 0.103. The van der Waals surface area contributed by atoms with E-state index in [1.165, 1.54) is 25.1 Å². The van der Waals surface area contributed by atoms with Crippen LogP contribution in [-0.2, 0) is 0 Å². The summed E-state index contributed by atoms with van der Waals surface area (Å²) < 4.78 is 0. The summed E-state index contributed by atoms with van der Waals surface area (Å²) in [6, 6.07) is 3.07. The Balaban J connectivity index is 1.74. The fraction of sp³-hybridized carbons (Fsp3) is 0.571. The number of nitrogens with zero attached hydrogens (tertiary/aromatic N) is 2. The van der Waals surface area contributed by atoms with Crippen LogP contribution >= 0.6 is 0 Å². The van der Waals surface area contributed by atoms with Crippen molar-refractivity contribution < 1.29 is 9.90 Å². The lowest BCUT2D eigenvalue weighted by atomic mass is 9.94. The van der Waals surface area contributed by atoms with E-state index < -0.39 is 0 Å². The lowest BCUT2D eigenvalue weighted by Crippen LogP contribution is -2.32. The summed E-state index contributed by atoms with van der Waals surface area (Å²) >= 11 is 0. The molecule has 5 heteroatoms. The molecule has 1 aromatic heterocycles. The molecular weight excluding hydrogens is 242 g/mol. The van der Waals surface area contributed by atoms with E-state index in [0.717, 1.165) is 19.5 Å². The Morgan fingerprint density at radius 2 is 2.26 bits per heavy atom. The third-order valence-corrected chi connectivity index (χ3v) is 3.68. The van der Waals surface area contributed by atoms with Crippen molar-refractivity contribution >= 4 is 5.91 Å². The molecular formula is C14H21N3O2. The van der Waals surface area contributed by atoms with Crippen LogP contribution in [0.25, 0.3) is 0 Å². The predicted octanol–water partition coefficient (Wildman–Crippen LogP) is 1.25. The number of piperidine rings is 1. The van der Waals surface area contributed by atoms with Gasteiger partial charge in [-0.2, -0.15) is 0 Å². The normalized spacial score (nSPS) is 17.3. The summed E-state index contributed by atoms with van der Waals surface area (Å²) in [6.45, 7) is 2.92. The number of likely N-dealkylation sites (tertiary alicyclic amines) is 1. The van der Waals surface area contributed by atoms with Crippen LogP contribution in [0.4, 0.5) is 0 Å². The number of hydrogen-bond donors (Lipinski definition) is 2. The highest BCUT2D eigenvalue weighted by Crippen LogP contribution is 2.19. The molecule has 0 bridgehead atoms. The maximum Gasteiger partial charge on any atom is 0.273 e. The van der Waals surface area contributed by atoms with Gasteiger partial charge in [0, 0.05) is 12.7 Å². The molecule has 5 nitrogen and oxygen atoms in total. The Bertz CT molecular complexity index is 428. The van der Waals surface area contributed by atoms with Gasteiger partial charge in [0.1, 0.15) is 5.75 Å². The van der Waals surface area contributed by atoms with E-state index in [-0.39, 0.29) is 17.4 Å². The molecule has 1 fully saturated rings. The highest BCUT2D eigenvalue weighted by Gasteiger charge is 2.17. The quantitative estimate of drug-likeness (QED) is 0.858. The molecule has 0 aliphatic carbocycles. The zero-order chi connectivity index (χ0) is 13.7. The molecule has 0 aromatic carbocycles. The topological polar surface area (TPSA) is 65.5 Å². The number of nitrogens with one attached hydrogen (secondary N) is 1. The molecule has 1 aliphatic rings. The van der Waals surface area contributed by atoms with E-state index in [1.807, 2.05) is 0 Å². The SMILES string of the molecule is CN1CCC(CCNC(=O)c2ncccc2O)CC1. The van der Waals surface area contributed by atoms with Crippen LogP contribution in [0.1, 0.15) is 29.8 Å². The first kappa shape index (κ1) is 13.8. The minimum atomic E-state index is -0.300. The van der Waals surface area contributed by atoms with Gasteiger partial charge in [0.15, 0.2) is 5.69 Å². The molecule has 2 N–H and O–H groups in total. The molecule has 2 heterocycles. The highest BCUT2D eigenvalue weighted by atomic mass is 16.3. The largest absolute Gasteiger partial charge is 0.505 e. The lowest BCUT2D eigenvalue weighted by molar-refractivity contribution is 0.0941. The maximum atomic E-state index is 11.8. The van der Waals surface area contributed by atoms with Crippen LogP contribution in [0.5, 0.6) is 5.75 Å². The molecule has 0 radical (unpaired) electrons. The van der Waals surface area contributed by atoms with E-state index in [4.69, 9.17) is 0 Å². The Morgan fingerprint density at radius 1 is 1.53 bits per heavy atom. The van der Waals surface area contributed by atoms with Gasteiger partial charge in [0.25, 0.3) is 5.91 Å². The summed E-state index contributed by atoms with van der Waals surface area (Å²) in [5.74, 6) is 0.319. The summed E-state index contributed by atoms with van der Waals surface area (Å²) in [6.07, 6.45) is 4.89. The van der Waals surface area contributed by atoms with Gasteiger partial charge in [-0.1, -0.05) is 0 Å². The average molecular weight is 263 g/mol. The Kier molecular flexibility index (Phi) is 4.74. The van der Waals surface area contributed by atoms with E-state index in [2.05, 4.69) is 22.2 Å². The molecule has 0 atom stereocenters. The molecule has 0 saturated carbocycles. The second kappa shape index (κ2) is 6.52. The average Bonchev–Trinajstić information content (AvgIpc) is 2.41.